The predicted molar refractivity (Wildman–Crippen MR) is 316 cm³/mol. The summed E-state index contributed by atoms with van der Waals surface area (Å²) in [6.45, 7) is -21.7. The van der Waals surface area contributed by atoms with E-state index < -0.39 is 188 Å². The molecule has 0 spiro atoms. The standard InChI is InChI=1S/3C19H17ClFN5S/c3*20-17-8-16-18(27-17)19(24-11-23-16)25-14-3-5-26(6-4-14)10-12-1-2-15(21)13(7-12)9-22/h3*1-2,7-8,11,14H,3-6,10H2,(H,23,24,25)/i2D,3D2,4D2,5D2,6D2,7D,8D,10D,11D,14D;2D,3D2,4D2,5D2,6D2,8D,10D2,11D,14D;2D,8D,10D/hD3. The number of piperidine rings is 3. The number of rotatable bonds is 12. The first kappa shape index (κ1) is 28.9. The molecule has 0 radical (unpaired) electrons. The molecule has 0 saturated carbocycles. The largest absolute Gasteiger partial charge is 0.366 e. The van der Waals surface area contributed by atoms with Crippen LogP contribution in [0.4, 0.5) is 30.6 Å². The Balaban J connectivity index is 0.000000185. The van der Waals surface area contributed by atoms with E-state index in [2.05, 4.69) is 29.9 Å². The van der Waals surface area contributed by atoms with Crippen molar-refractivity contribution in [3.8, 4) is 18.2 Å². The SMILES string of the molecule is [2H]c1cc(C([2H])N2CCC(N([2H])c3ncnc4c([2H])c(Cl)sc34)CC2)cc(C#N)c1F.[2H]c1nc(N([2H])C2([2H])C([2H])([2H])C([2H])([2H])N(C([2H])([2H])c3cc([2H])c(F)c(C#N)c3)C([2H])([2H])C2([2H])[2H])c2sc(Cl)c([2H])c2n1.[2H]c1nc(N([2H])C2([2H])C([2H])([2H])C([2H])([2H])N(C([2H])c3cc([2H])c(F)c(C#N)c3[2H])C([2H])([2H])C2([2H])[2H])c2sc(Cl)c([2H])c2n1. The van der Waals surface area contributed by atoms with E-state index in [1.807, 2.05) is 4.90 Å². The van der Waals surface area contributed by atoms with Gasteiger partial charge in [-0.2, -0.15) is 15.8 Å². The van der Waals surface area contributed by atoms with Gasteiger partial charge in [0.2, 0.25) is 0 Å². The fourth-order valence-corrected chi connectivity index (χ4v) is 10.2. The van der Waals surface area contributed by atoms with Crippen molar-refractivity contribution in [3.05, 3.63) is 155 Å². The molecular weight excluding hydrogens is 1150 g/mol. The van der Waals surface area contributed by atoms with Crippen molar-refractivity contribution in [2.75, 3.05) is 55.0 Å². The molecule has 0 bridgehead atoms. The van der Waals surface area contributed by atoms with E-state index in [-0.39, 0.29) is 62.3 Å². The van der Waals surface area contributed by atoms with E-state index in [0.717, 1.165) is 0 Å². The molecule has 3 aliphatic rings. The number of thiophene rings is 3. The van der Waals surface area contributed by atoms with Crippen molar-refractivity contribution in [2.24, 2.45) is 0 Å². The number of hydrogen-bond donors (Lipinski definition) is 3. The van der Waals surface area contributed by atoms with Gasteiger partial charge in [0.1, 0.15) is 74.8 Å². The second-order valence-corrected chi connectivity index (χ2v) is 20.9. The zero-order chi connectivity index (χ0) is 86.6. The van der Waals surface area contributed by atoms with Crippen LogP contribution in [0.2, 0.25) is 17.2 Å². The first-order chi connectivity index (χ1) is 52.8. The Kier molecular flexibility index (Phi) is 9.59. The van der Waals surface area contributed by atoms with Crippen LogP contribution in [0.1, 0.15) is 114 Å². The molecule has 6 aromatic heterocycles. The highest BCUT2D eigenvalue weighted by atomic mass is 35.5. The molecule has 3 aromatic carbocycles. The Labute approximate surface area is 540 Å². The van der Waals surface area contributed by atoms with E-state index >= 15 is 0 Å². The Morgan fingerprint density at radius 3 is 1.57 bits per heavy atom. The first-order valence-corrected chi connectivity index (χ1v) is 26.3. The molecule has 9 heterocycles. The fraction of sp³-hybridized carbons (Fsp3) is 0.316. The lowest BCUT2D eigenvalue weighted by Gasteiger charge is -2.32. The third kappa shape index (κ3) is 14.8. The number of likely N-dealkylation sites (tertiary alicyclic amines) is 3. The highest BCUT2D eigenvalue weighted by Gasteiger charge is 2.25. The van der Waals surface area contributed by atoms with Gasteiger partial charge in [0.25, 0.3) is 0 Å². The maximum Gasteiger partial charge on any atom is 0.162 e. The number of fused-ring (bicyclic) bond motifs is 3. The lowest BCUT2D eigenvalue weighted by atomic mass is 10.0. The number of hydrogen-bond acceptors (Lipinski definition) is 18. The van der Waals surface area contributed by atoms with Crippen molar-refractivity contribution in [3.63, 3.8) is 0 Å². The quantitative estimate of drug-likeness (QED) is 0.104. The van der Waals surface area contributed by atoms with Crippen LogP contribution >= 0.6 is 68.8 Å². The zero-order valence-electron chi connectivity index (χ0n) is 74.2. The molecule has 3 saturated heterocycles. The molecule has 414 valence electrons. The van der Waals surface area contributed by atoms with Crippen LogP contribution in [-0.4, -0.2) is 102 Å². The number of anilines is 3. The number of nitrogens with one attached hydrogen (secondary N) is 3. The topological polar surface area (TPSA) is 195 Å². The molecule has 24 heteroatoms. The number of nitriles is 3. The molecule has 3 N–H and O–H groups in total. The van der Waals surface area contributed by atoms with Gasteiger partial charge in [-0.1, -0.05) is 53.0 Å². The number of nitrogens with zero attached hydrogens (tertiary/aromatic N) is 12. The van der Waals surface area contributed by atoms with Crippen LogP contribution in [-0.2, 0) is 19.5 Å². The maximum absolute atomic E-state index is 14.2. The van der Waals surface area contributed by atoms with Crippen LogP contribution in [0.25, 0.3) is 30.6 Å². The van der Waals surface area contributed by atoms with Crippen LogP contribution in [0.3, 0.4) is 0 Å². The molecule has 3 fully saturated rings. The van der Waals surface area contributed by atoms with E-state index in [1.165, 1.54) is 47.2 Å². The van der Waals surface area contributed by atoms with Gasteiger partial charge >= 0.3 is 0 Å². The minimum Gasteiger partial charge on any atom is -0.366 e. The molecule has 0 aliphatic carbocycles. The van der Waals surface area contributed by atoms with Gasteiger partial charge in [-0.25, -0.2) is 43.1 Å². The summed E-state index contributed by atoms with van der Waals surface area (Å²) in [5.74, 6) is -4.98. The number of halogens is 6. The van der Waals surface area contributed by atoms with Gasteiger partial charge in [-0.05, 0) is 109 Å². The monoisotopic (exact) mass is 1240 g/mol. The smallest absolute Gasteiger partial charge is 0.162 e. The average Bonchev–Trinajstić information content (AvgIpc) is 1.58. The van der Waals surface area contributed by atoms with Gasteiger partial charge in [-0.15, -0.1) is 34.0 Å². The summed E-state index contributed by atoms with van der Waals surface area (Å²) in [5.41, 5.74) is -3.67. The summed E-state index contributed by atoms with van der Waals surface area (Å²) in [5, 5.41) is 28.3. The zero-order valence-corrected chi connectivity index (χ0v) is 44.9. The van der Waals surface area contributed by atoms with Crippen LogP contribution < -0.4 is 15.9 Å². The summed E-state index contributed by atoms with van der Waals surface area (Å²) in [4.78, 5) is 24.2. The van der Waals surface area contributed by atoms with E-state index in [9.17, 15) is 23.7 Å². The van der Waals surface area contributed by atoms with E-state index in [1.54, 1.807) is 6.07 Å². The summed E-state index contributed by atoms with van der Waals surface area (Å²) in [6, 6.07) is -3.58. The van der Waals surface area contributed by atoms with Crippen molar-refractivity contribution < 1.29 is 59.9 Å². The van der Waals surface area contributed by atoms with Crippen molar-refractivity contribution in [2.45, 2.75) is 75.9 Å². The fourth-order valence-electron chi connectivity index (χ4n) is 7.11. The highest BCUT2D eigenvalue weighted by molar-refractivity contribution is 7.24. The summed E-state index contributed by atoms with van der Waals surface area (Å²) < 4.78 is 329. The third-order valence-corrected chi connectivity index (χ3v) is 14.3. The van der Waals surface area contributed by atoms with Crippen molar-refractivity contribution in [1.82, 2.24) is 44.6 Å². The second kappa shape index (κ2) is 26.8. The average molecular weight is 1240 g/mol. The van der Waals surface area contributed by atoms with Crippen molar-refractivity contribution in [1.29, 1.82) is 15.8 Å². The number of benzene rings is 3. The van der Waals surface area contributed by atoms with Gasteiger partial charge in [-0.3, -0.25) is 14.7 Å². The molecule has 81 heavy (non-hydrogen) atoms. The van der Waals surface area contributed by atoms with Gasteiger partial charge in [0.15, 0.2) is 4.24 Å². The molecule has 2 atom stereocenters. The maximum atomic E-state index is 14.2. The highest BCUT2D eigenvalue weighted by Crippen LogP contribution is 2.36. The molecular formula is C57H51Cl3F3N15S3. The van der Waals surface area contributed by atoms with Gasteiger partial charge in [0.05, 0.1) is 72.7 Å². The molecule has 9 aromatic rings. The Bertz CT molecular complexity index is 5500. The van der Waals surface area contributed by atoms with Gasteiger partial charge in [0, 0.05) is 104 Å². The first-order valence-electron chi connectivity index (χ1n) is 39.7. The third-order valence-electron chi connectivity index (χ3n) is 10.7. The normalized spacial score (nSPS) is 28.5. The van der Waals surface area contributed by atoms with Crippen LogP contribution in [0, 0.1) is 51.4 Å². The summed E-state index contributed by atoms with van der Waals surface area (Å²) >= 11 is 20.3. The minimum atomic E-state index is -4.03. The Morgan fingerprint density at radius 1 is 0.593 bits per heavy atom. The molecule has 3 aliphatic heterocycles. The molecule has 15 nitrogen and oxygen atoms in total. The summed E-state index contributed by atoms with van der Waals surface area (Å²) in [6.07, 6.45) is -15.2. The van der Waals surface area contributed by atoms with E-state index in [4.69, 9.17) is 86.8 Å². The van der Waals surface area contributed by atoms with Crippen LogP contribution in [0.5, 0.6) is 0 Å². The Hall–Kier alpha value is -6.81. The van der Waals surface area contributed by atoms with Crippen molar-refractivity contribution >= 4 is 117 Å². The second-order valence-electron chi connectivity index (χ2n) is 16.0. The molecule has 0 amide bonds. The predicted octanol–water partition coefficient (Wildman–Crippen LogP) is 13.3. The lowest BCUT2D eigenvalue weighted by molar-refractivity contribution is 0.211. The molecule has 12 rings (SSSR count). The minimum absolute atomic E-state index is 0.135. The van der Waals surface area contributed by atoms with E-state index in [0.29, 0.717) is 92.7 Å². The van der Waals surface area contributed by atoms with Gasteiger partial charge < -0.3 is 15.9 Å². The molecule has 2 unspecified atom stereocenters. The summed E-state index contributed by atoms with van der Waals surface area (Å²) in [7, 11) is 0. The lowest BCUT2D eigenvalue weighted by Crippen LogP contribution is -2.38. The van der Waals surface area contributed by atoms with Crippen LogP contribution in [0.15, 0.2) is 91.6 Å². The Morgan fingerprint density at radius 2 is 1.04 bits per heavy atom. The number of aromatic nitrogens is 6.